The largest absolute Gasteiger partial charge is 0.492 e. The van der Waals surface area contributed by atoms with E-state index in [1.54, 1.807) is 0 Å². The number of aryl methyl sites for hydroxylation is 1. The van der Waals surface area contributed by atoms with Crippen molar-refractivity contribution in [1.82, 2.24) is 4.90 Å². The van der Waals surface area contributed by atoms with Crippen molar-refractivity contribution in [3.8, 4) is 5.75 Å². The number of hydrogen-bond donors (Lipinski definition) is 0. The quantitative estimate of drug-likeness (QED) is 0.757. The van der Waals surface area contributed by atoms with Gasteiger partial charge in [-0.15, -0.1) is 0 Å². The molecule has 16 heavy (non-hydrogen) atoms. The zero-order valence-electron chi connectivity index (χ0n) is 10.3. The first-order valence-electron chi connectivity index (χ1n) is 5.78. The van der Waals surface area contributed by atoms with E-state index in [0.717, 1.165) is 36.0 Å². The van der Waals surface area contributed by atoms with Crippen molar-refractivity contribution < 1.29 is 4.74 Å². The fourth-order valence-corrected chi connectivity index (χ4v) is 1.72. The summed E-state index contributed by atoms with van der Waals surface area (Å²) in [5, 5.41) is 0.725. The summed E-state index contributed by atoms with van der Waals surface area (Å²) in [5.74, 6) is 0.889. The minimum absolute atomic E-state index is 0.711. The summed E-state index contributed by atoms with van der Waals surface area (Å²) in [5.41, 5.74) is 1.13. The van der Waals surface area contributed by atoms with Crippen LogP contribution in [-0.4, -0.2) is 31.1 Å². The van der Waals surface area contributed by atoms with Crippen LogP contribution in [0, 0.1) is 6.92 Å². The molecule has 0 spiro atoms. The van der Waals surface area contributed by atoms with Gasteiger partial charge in [-0.3, -0.25) is 0 Å². The lowest BCUT2D eigenvalue weighted by molar-refractivity contribution is 0.222. The van der Waals surface area contributed by atoms with Crippen LogP contribution in [0.25, 0.3) is 0 Å². The zero-order valence-corrected chi connectivity index (χ0v) is 11.0. The Morgan fingerprint density at radius 1 is 1.25 bits per heavy atom. The second-order valence-corrected chi connectivity index (χ2v) is 4.22. The first-order valence-corrected chi connectivity index (χ1v) is 6.16. The number of ether oxygens (including phenoxy) is 1. The molecule has 0 amide bonds. The highest BCUT2D eigenvalue weighted by atomic mass is 35.5. The highest BCUT2D eigenvalue weighted by Gasteiger charge is 2.02. The summed E-state index contributed by atoms with van der Waals surface area (Å²) in [6.07, 6.45) is 0. The van der Waals surface area contributed by atoms with Crippen LogP contribution < -0.4 is 4.74 Å². The highest BCUT2D eigenvalue weighted by molar-refractivity contribution is 6.30. The first kappa shape index (κ1) is 13.3. The number of nitrogens with zero attached hydrogens (tertiary/aromatic N) is 1. The van der Waals surface area contributed by atoms with Gasteiger partial charge in [-0.05, 0) is 37.7 Å². The van der Waals surface area contributed by atoms with Crippen LogP contribution >= 0.6 is 11.6 Å². The molecule has 0 atom stereocenters. The normalized spacial score (nSPS) is 10.8. The molecule has 1 rings (SSSR count). The molecule has 0 unspecified atom stereocenters. The Morgan fingerprint density at radius 3 is 2.56 bits per heavy atom. The zero-order chi connectivity index (χ0) is 12.0. The number of halogens is 1. The molecule has 0 saturated heterocycles. The molecule has 2 nitrogen and oxygen atoms in total. The van der Waals surface area contributed by atoms with E-state index in [9.17, 15) is 0 Å². The molecular weight excluding hydrogens is 222 g/mol. The fourth-order valence-electron chi connectivity index (χ4n) is 1.55. The van der Waals surface area contributed by atoms with Gasteiger partial charge in [-0.2, -0.15) is 0 Å². The SMILES string of the molecule is CCN(CC)CCOc1cc(Cl)ccc1C. The van der Waals surface area contributed by atoms with E-state index in [1.807, 2.05) is 25.1 Å². The first-order chi connectivity index (χ1) is 7.67. The molecule has 1 aromatic rings. The Balaban J connectivity index is 2.45. The van der Waals surface area contributed by atoms with Crippen LogP contribution in [0.5, 0.6) is 5.75 Å². The molecular formula is C13H20ClNO. The maximum absolute atomic E-state index is 5.92. The average molecular weight is 242 g/mol. The van der Waals surface area contributed by atoms with Gasteiger partial charge in [-0.1, -0.05) is 31.5 Å². The van der Waals surface area contributed by atoms with Gasteiger partial charge in [0.25, 0.3) is 0 Å². The topological polar surface area (TPSA) is 12.5 Å². The predicted molar refractivity (Wildman–Crippen MR) is 69.5 cm³/mol. The van der Waals surface area contributed by atoms with Crippen LogP contribution in [0.2, 0.25) is 5.02 Å². The van der Waals surface area contributed by atoms with Crippen molar-refractivity contribution in [1.29, 1.82) is 0 Å². The van der Waals surface area contributed by atoms with Gasteiger partial charge >= 0.3 is 0 Å². The van der Waals surface area contributed by atoms with E-state index in [4.69, 9.17) is 16.3 Å². The third-order valence-corrected chi connectivity index (χ3v) is 2.94. The van der Waals surface area contributed by atoms with E-state index < -0.39 is 0 Å². The summed E-state index contributed by atoms with van der Waals surface area (Å²) >= 11 is 5.92. The summed E-state index contributed by atoms with van der Waals surface area (Å²) < 4.78 is 5.73. The minimum atomic E-state index is 0.711. The number of benzene rings is 1. The molecule has 0 aliphatic rings. The summed E-state index contributed by atoms with van der Waals surface area (Å²) in [4.78, 5) is 2.33. The molecule has 1 aromatic carbocycles. The molecule has 0 radical (unpaired) electrons. The lowest BCUT2D eigenvalue weighted by Gasteiger charge is -2.18. The van der Waals surface area contributed by atoms with E-state index in [2.05, 4.69) is 18.7 Å². The lowest BCUT2D eigenvalue weighted by Crippen LogP contribution is -2.27. The van der Waals surface area contributed by atoms with E-state index in [-0.39, 0.29) is 0 Å². The Kier molecular flexibility index (Phi) is 5.64. The van der Waals surface area contributed by atoms with Crippen molar-refractivity contribution >= 4 is 11.6 Å². The minimum Gasteiger partial charge on any atom is -0.492 e. The Labute approximate surface area is 103 Å². The summed E-state index contributed by atoms with van der Waals surface area (Å²) in [6.45, 7) is 10.1. The number of hydrogen-bond acceptors (Lipinski definition) is 2. The fraction of sp³-hybridized carbons (Fsp3) is 0.538. The van der Waals surface area contributed by atoms with Gasteiger partial charge in [0.1, 0.15) is 12.4 Å². The van der Waals surface area contributed by atoms with E-state index in [1.165, 1.54) is 0 Å². The molecule has 0 aromatic heterocycles. The molecule has 0 N–H and O–H groups in total. The number of rotatable bonds is 6. The summed E-state index contributed by atoms with van der Waals surface area (Å²) in [7, 11) is 0. The Bertz CT molecular complexity index is 324. The smallest absolute Gasteiger partial charge is 0.123 e. The lowest BCUT2D eigenvalue weighted by atomic mass is 10.2. The Hall–Kier alpha value is -0.730. The number of likely N-dealkylation sites (N-methyl/N-ethyl adjacent to an activating group) is 1. The second kappa shape index (κ2) is 6.77. The van der Waals surface area contributed by atoms with Gasteiger partial charge in [0.15, 0.2) is 0 Å². The third-order valence-electron chi connectivity index (χ3n) is 2.71. The molecule has 0 heterocycles. The van der Waals surface area contributed by atoms with Crippen molar-refractivity contribution in [2.75, 3.05) is 26.2 Å². The second-order valence-electron chi connectivity index (χ2n) is 3.79. The highest BCUT2D eigenvalue weighted by Crippen LogP contribution is 2.22. The van der Waals surface area contributed by atoms with Crippen molar-refractivity contribution in [2.24, 2.45) is 0 Å². The van der Waals surface area contributed by atoms with Gasteiger partial charge in [0.05, 0.1) is 0 Å². The van der Waals surface area contributed by atoms with E-state index in [0.29, 0.717) is 6.61 Å². The maximum atomic E-state index is 5.92. The molecule has 0 bridgehead atoms. The monoisotopic (exact) mass is 241 g/mol. The van der Waals surface area contributed by atoms with Crippen molar-refractivity contribution in [2.45, 2.75) is 20.8 Å². The van der Waals surface area contributed by atoms with Crippen LogP contribution in [-0.2, 0) is 0 Å². The van der Waals surface area contributed by atoms with Crippen molar-refractivity contribution in [3.05, 3.63) is 28.8 Å². The van der Waals surface area contributed by atoms with Crippen LogP contribution in [0.4, 0.5) is 0 Å². The van der Waals surface area contributed by atoms with E-state index >= 15 is 0 Å². The molecule has 0 fully saturated rings. The van der Waals surface area contributed by atoms with Crippen LogP contribution in [0.1, 0.15) is 19.4 Å². The summed E-state index contributed by atoms with van der Waals surface area (Å²) in [6, 6.07) is 5.74. The maximum Gasteiger partial charge on any atom is 0.123 e. The molecule has 0 saturated carbocycles. The van der Waals surface area contributed by atoms with Crippen LogP contribution in [0.15, 0.2) is 18.2 Å². The predicted octanol–water partition coefficient (Wildman–Crippen LogP) is 3.37. The average Bonchev–Trinajstić information content (AvgIpc) is 2.29. The molecule has 3 heteroatoms. The molecule has 0 aliphatic heterocycles. The van der Waals surface area contributed by atoms with Gasteiger partial charge in [0, 0.05) is 11.6 Å². The standard InChI is InChI=1S/C13H20ClNO/c1-4-15(5-2)8-9-16-13-10-12(14)7-6-11(13)3/h6-7,10H,4-5,8-9H2,1-3H3. The van der Waals surface area contributed by atoms with Crippen molar-refractivity contribution in [3.63, 3.8) is 0 Å². The van der Waals surface area contributed by atoms with Crippen LogP contribution in [0.3, 0.4) is 0 Å². The van der Waals surface area contributed by atoms with Gasteiger partial charge in [-0.25, -0.2) is 0 Å². The third kappa shape index (κ3) is 4.03. The molecule has 90 valence electrons. The molecule has 0 aliphatic carbocycles. The Morgan fingerprint density at radius 2 is 1.94 bits per heavy atom. The van der Waals surface area contributed by atoms with Gasteiger partial charge in [0.2, 0.25) is 0 Å². The van der Waals surface area contributed by atoms with Gasteiger partial charge < -0.3 is 9.64 Å².